The quantitative estimate of drug-likeness (QED) is 0.597. The summed E-state index contributed by atoms with van der Waals surface area (Å²) in [6, 6.07) is 7.68. The summed E-state index contributed by atoms with van der Waals surface area (Å²) in [6.45, 7) is 0.0129. The number of carbonyl (C=O) groups excluding carboxylic acids is 1. The van der Waals surface area contributed by atoms with E-state index in [4.69, 9.17) is 4.42 Å². The third-order valence-corrected chi connectivity index (χ3v) is 5.73. The summed E-state index contributed by atoms with van der Waals surface area (Å²) in [5, 5.41) is 11.7. The maximum Gasteiger partial charge on any atom is 0.326 e. The Kier molecular flexibility index (Phi) is 5.62. The first-order valence-electron chi connectivity index (χ1n) is 8.51. The Hall–Kier alpha value is -2.65. The predicted molar refractivity (Wildman–Crippen MR) is 95.4 cm³/mol. The summed E-state index contributed by atoms with van der Waals surface area (Å²) in [4.78, 5) is 23.5. The van der Waals surface area contributed by atoms with E-state index in [9.17, 15) is 23.1 Å². The van der Waals surface area contributed by atoms with Crippen molar-refractivity contribution >= 4 is 21.9 Å². The van der Waals surface area contributed by atoms with Gasteiger partial charge < -0.3 is 14.8 Å². The highest BCUT2D eigenvalue weighted by Gasteiger charge is 2.30. The molecule has 9 heteroatoms. The van der Waals surface area contributed by atoms with Crippen molar-refractivity contribution in [2.24, 2.45) is 5.92 Å². The molecule has 0 bridgehead atoms. The molecule has 0 radical (unpaired) electrons. The van der Waals surface area contributed by atoms with Crippen LogP contribution in [0.5, 0.6) is 0 Å². The number of sulfonamides is 1. The van der Waals surface area contributed by atoms with Gasteiger partial charge >= 0.3 is 5.97 Å². The Morgan fingerprint density at radius 1 is 1.19 bits per heavy atom. The number of aliphatic carboxylic acids is 1. The molecule has 3 N–H and O–H groups in total. The van der Waals surface area contributed by atoms with Crippen LogP contribution in [-0.4, -0.2) is 31.4 Å². The van der Waals surface area contributed by atoms with E-state index in [1.165, 1.54) is 30.5 Å². The molecule has 1 amide bonds. The van der Waals surface area contributed by atoms with Gasteiger partial charge in [0.2, 0.25) is 10.0 Å². The number of amides is 1. The number of benzene rings is 1. The van der Waals surface area contributed by atoms with Crippen LogP contribution in [0.1, 0.15) is 35.4 Å². The summed E-state index contributed by atoms with van der Waals surface area (Å²) in [5.41, 5.74) is 0.196. The van der Waals surface area contributed by atoms with Gasteiger partial charge in [0, 0.05) is 5.56 Å². The molecule has 27 heavy (non-hydrogen) atoms. The van der Waals surface area contributed by atoms with Crippen LogP contribution in [0.3, 0.4) is 0 Å². The average Bonchev–Trinajstić information content (AvgIpc) is 3.30. The molecule has 1 aromatic carbocycles. The minimum Gasteiger partial charge on any atom is -0.480 e. The van der Waals surface area contributed by atoms with Crippen molar-refractivity contribution in [2.75, 3.05) is 0 Å². The van der Waals surface area contributed by atoms with E-state index < -0.39 is 27.9 Å². The van der Waals surface area contributed by atoms with Crippen LogP contribution in [0.4, 0.5) is 0 Å². The Morgan fingerprint density at radius 2 is 1.89 bits per heavy atom. The van der Waals surface area contributed by atoms with Crippen LogP contribution >= 0.6 is 0 Å². The van der Waals surface area contributed by atoms with Gasteiger partial charge in [0.15, 0.2) is 0 Å². The molecule has 1 aromatic heterocycles. The first-order chi connectivity index (χ1) is 12.8. The summed E-state index contributed by atoms with van der Waals surface area (Å²) in [7, 11) is -3.76. The topological polar surface area (TPSA) is 126 Å². The van der Waals surface area contributed by atoms with Crippen LogP contribution in [0.15, 0.2) is 52.0 Å². The molecule has 0 saturated heterocycles. The van der Waals surface area contributed by atoms with E-state index in [0.717, 1.165) is 12.8 Å². The highest BCUT2D eigenvalue weighted by atomic mass is 32.2. The number of carbonyl (C=O) groups is 2. The van der Waals surface area contributed by atoms with Gasteiger partial charge in [0.25, 0.3) is 5.91 Å². The van der Waals surface area contributed by atoms with Crippen LogP contribution in [0, 0.1) is 5.92 Å². The van der Waals surface area contributed by atoms with E-state index in [2.05, 4.69) is 10.0 Å². The Labute approximate surface area is 156 Å². The molecule has 1 saturated carbocycles. The molecule has 1 aliphatic rings. The lowest BCUT2D eigenvalue weighted by Gasteiger charge is -2.14. The Balaban J connectivity index is 1.62. The number of hydrogen-bond acceptors (Lipinski definition) is 5. The van der Waals surface area contributed by atoms with Gasteiger partial charge in [-0.05, 0) is 48.7 Å². The van der Waals surface area contributed by atoms with Gasteiger partial charge in [-0.25, -0.2) is 17.9 Å². The molecule has 2 aromatic rings. The Morgan fingerprint density at radius 3 is 2.44 bits per heavy atom. The standard InChI is InChI=1S/C18H20N2O6S/c21-17(20-16(18(22)23)10-12-3-4-12)13-5-7-15(8-6-13)27(24,25)19-11-14-2-1-9-26-14/h1-2,5-9,12,16,19H,3-4,10-11H2,(H,20,21)(H,22,23). The molecule has 0 aliphatic heterocycles. The molecule has 3 rings (SSSR count). The van der Waals surface area contributed by atoms with E-state index in [1.54, 1.807) is 12.1 Å². The van der Waals surface area contributed by atoms with Crippen molar-refractivity contribution in [2.45, 2.75) is 36.7 Å². The van der Waals surface area contributed by atoms with Crippen molar-refractivity contribution in [3.8, 4) is 0 Å². The summed E-state index contributed by atoms with van der Waals surface area (Å²) >= 11 is 0. The lowest BCUT2D eigenvalue weighted by molar-refractivity contribution is -0.139. The fourth-order valence-corrected chi connectivity index (χ4v) is 3.59. The molecule has 1 heterocycles. The van der Waals surface area contributed by atoms with Gasteiger partial charge in [-0.15, -0.1) is 0 Å². The zero-order valence-corrected chi connectivity index (χ0v) is 15.2. The maximum absolute atomic E-state index is 12.3. The second kappa shape index (κ2) is 7.93. The summed E-state index contributed by atoms with van der Waals surface area (Å²) in [5.74, 6) is -0.795. The van der Waals surface area contributed by atoms with Crippen molar-refractivity contribution in [1.29, 1.82) is 0 Å². The van der Waals surface area contributed by atoms with Crippen molar-refractivity contribution < 1.29 is 27.5 Å². The largest absolute Gasteiger partial charge is 0.480 e. The second-order valence-electron chi connectivity index (χ2n) is 6.47. The van der Waals surface area contributed by atoms with Crippen LogP contribution in [0.2, 0.25) is 0 Å². The van der Waals surface area contributed by atoms with Crippen molar-refractivity contribution in [1.82, 2.24) is 10.0 Å². The van der Waals surface area contributed by atoms with Gasteiger partial charge in [0.1, 0.15) is 11.8 Å². The molecular formula is C18H20N2O6S. The summed E-state index contributed by atoms with van der Waals surface area (Å²) < 4.78 is 32.0. The molecule has 1 atom stereocenters. The number of carboxylic acid groups (broad SMARTS) is 1. The van der Waals surface area contributed by atoms with Gasteiger partial charge in [-0.3, -0.25) is 4.79 Å². The molecule has 1 unspecified atom stereocenters. The molecule has 144 valence electrons. The smallest absolute Gasteiger partial charge is 0.326 e. The first kappa shape index (κ1) is 19.1. The van der Waals surface area contributed by atoms with Crippen LogP contribution in [0.25, 0.3) is 0 Å². The fraction of sp³-hybridized carbons (Fsp3) is 0.333. The SMILES string of the molecule is O=C(NC(CC1CC1)C(=O)O)c1ccc(S(=O)(=O)NCc2ccco2)cc1. The normalized spacial score (nSPS) is 15.3. The minimum absolute atomic E-state index is 0.00151. The zero-order chi connectivity index (χ0) is 19.4. The minimum atomic E-state index is -3.76. The zero-order valence-electron chi connectivity index (χ0n) is 14.4. The second-order valence-corrected chi connectivity index (χ2v) is 8.24. The average molecular weight is 392 g/mol. The van der Waals surface area contributed by atoms with E-state index in [1.807, 2.05) is 0 Å². The Bertz CT molecular complexity index is 902. The van der Waals surface area contributed by atoms with Gasteiger partial charge in [-0.2, -0.15) is 0 Å². The summed E-state index contributed by atoms with van der Waals surface area (Å²) in [6.07, 6.45) is 3.82. The molecule has 8 nitrogen and oxygen atoms in total. The molecule has 0 spiro atoms. The van der Waals surface area contributed by atoms with Crippen molar-refractivity contribution in [3.05, 3.63) is 54.0 Å². The number of furan rings is 1. The fourth-order valence-electron chi connectivity index (χ4n) is 2.60. The van der Waals surface area contributed by atoms with Gasteiger partial charge in [0.05, 0.1) is 17.7 Å². The molecular weight excluding hydrogens is 372 g/mol. The number of nitrogens with one attached hydrogen (secondary N) is 2. The van der Waals surface area contributed by atoms with Crippen LogP contribution in [-0.2, 0) is 21.4 Å². The highest BCUT2D eigenvalue weighted by Crippen LogP contribution is 2.33. The first-order valence-corrected chi connectivity index (χ1v) is 9.99. The lowest BCUT2D eigenvalue weighted by atomic mass is 10.1. The lowest BCUT2D eigenvalue weighted by Crippen LogP contribution is -2.41. The number of rotatable bonds is 9. The van der Waals surface area contributed by atoms with E-state index in [-0.39, 0.29) is 17.0 Å². The third kappa shape index (κ3) is 5.18. The predicted octanol–water partition coefficient (Wildman–Crippen LogP) is 1.74. The van der Waals surface area contributed by atoms with E-state index in [0.29, 0.717) is 18.1 Å². The molecule has 1 fully saturated rings. The van der Waals surface area contributed by atoms with Crippen LogP contribution < -0.4 is 10.0 Å². The monoisotopic (exact) mass is 392 g/mol. The maximum atomic E-state index is 12.3. The highest BCUT2D eigenvalue weighted by molar-refractivity contribution is 7.89. The van der Waals surface area contributed by atoms with E-state index >= 15 is 0 Å². The third-order valence-electron chi connectivity index (χ3n) is 4.31. The number of hydrogen-bond donors (Lipinski definition) is 3. The van der Waals surface area contributed by atoms with Crippen molar-refractivity contribution in [3.63, 3.8) is 0 Å². The van der Waals surface area contributed by atoms with Gasteiger partial charge in [-0.1, -0.05) is 12.8 Å². The number of carboxylic acids is 1. The molecule has 1 aliphatic carbocycles.